The molecule has 0 saturated carbocycles. The number of aromatic nitrogens is 1. The van der Waals surface area contributed by atoms with Gasteiger partial charge in [0.2, 0.25) is 0 Å². The first-order valence-corrected chi connectivity index (χ1v) is 11.0. The normalized spacial score (nSPS) is 14.3. The van der Waals surface area contributed by atoms with Crippen LogP contribution in [0.3, 0.4) is 0 Å². The van der Waals surface area contributed by atoms with Crippen molar-refractivity contribution in [3.8, 4) is 0 Å². The molecule has 166 valence electrons. The number of H-pyrrole nitrogens is 1. The maximum absolute atomic E-state index is 12.8. The maximum Gasteiger partial charge on any atom is 0.260 e. The predicted molar refractivity (Wildman–Crippen MR) is 121 cm³/mol. The Balaban J connectivity index is 1.57. The van der Waals surface area contributed by atoms with Crippen molar-refractivity contribution in [3.63, 3.8) is 0 Å². The zero-order valence-electron chi connectivity index (χ0n) is 18.4. The molecule has 31 heavy (non-hydrogen) atoms. The number of hydrogen-bond acceptors (Lipinski definition) is 4. The summed E-state index contributed by atoms with van der Waals surface area (Å²) in [4.78, 5) is 41.6. The molecule has 3 N–H and O–H groups in total. The van der Waals surface area contributed by atoms with Crippen LogP contribution in [-0.4, -0.2) is 48.4 Å². The van der Waals surface area contributed by atoms with E-state index >= 15 is 0 Å². The average molecular weight is 425 g/mol. The highest BCUT2D eigenvalue weighted by atomic mass is 16.2. The van der Waals surface area contributed by atoms with E-state index in [1.54, 1.807) is 7.05 Å². The Bertz CT molecular complexity index is 963. The van der Waals surface area contributed by atoms with E-state index in [0.29, 0.717) is 13.1 Å². The Hall–Kier alpha value is -2.93. The van der Waals surface area contributed by atoms with Crippen molar-refractivity contribution in [1.29, 1.82) is 0 Å². The van der Waals surface area contributed by atoms with Crippen LogP contribution in [0, 0.1) is 12.8 Å². The van der Waals surface area contributed by atoms with Gasteiger partial charge in [0, 0.05) is 26.3 Å². The number of amides is 2. The highest BCUT2D eigenvalue weighted by molar-refractivity contribution is 5.99. The molecule has 7 nitrogen and oxygen atoms in total. The molecule has 1 saturated heterocycles. The third-order valence-electron chi connectivity index (χ3n) is 5.78. The minimum absolute atomic E-state index is 0.0301. The number of piperidine rings is 1. The van der Waals surface area contributed by atoms with Crippen LogP contribution in [0.4, 0.5) is 0 Å². The molecule has 7 heteroatoms. The van der Waals surface area contributed by atoms with Gasteiger partial charge in [-0.15, -0.1) is 0 Å². The number of pyridine rings is 1. The molecule has 3 rings (SSSR count). The van der Waals surface area contributed by atoms with Gasteiger partial charge >= 0.3 is 0 Å². The number of aromatic amines is 1. The van der Waals surface area contributed by atoms with Crippen LogP contribution in [0.1, 0.15) is 57.5 Å². The molecule has 0 atom stereocenters. The first kappa shape index (κ1) is 22.7. The number of carbonyl (C=O) groups excluding carboxylic acids is 2. The molecule has 2 aromatic rings. The molecule has 0 bridgehead atoms. The molecule has 1 aliphatic rings. The molecule has 0 spiro atoms. The van der Waals surface area contributed by atoms with Crippen LogP contribution in [0.25, 0.3) is 0 Å². The largest absolute Gasteiger partial charge is 0.352 e. The van der Waals surface area contributed by atoms with Crippen LogP contribution in [0.15, 0.2) is 41.3 Å². The van der Waals surface area contributed by atoms with E-state index in [1.807, 2.05) is 31.2 Å². The van der Waals surface area contributed by atoms with Crippen molar-refractivity contribution >= 4 is 11.8 Å². The maximum atomic E-state index is 12.8. The second-order valence-corrected chi connectivity index (χ2v) is 8.37. The smallest absolute Gasteiger partial charge is 0.260 e. The zero-order valence-corrected chi connectivity index (χ0v) is 18.4. The summed E-state index contributed by atoms with van der Waals surface area (Å²) >= 11 is 0. The van der Waals surface area contributed by atoms with Gasteiger partial charge in [0.25, 0.3) is 17.4 Å². The van der Waals surface area contributed by atoms with Gasteiger partial charge in [-0.1, -0.05) is 29.8 Å². The topological polar surface area (TPSA) is 94.3 Å². The Labute approximate surface area is 183 Å². The lowest BCUT2D eigenvalue weighted by Gasteiger charge is -2.22. The molecule has 1 aromatic carbocycles. The van der Waals surface area contributed by atoms with Crippen LogP contribution in [0.2, 0.25) is 0 Å². The lowest BCUT2D eigenvalue weighted by Crippen LogP contribution is -2.33. The standard InChI is InChI=1S/C24H32N4O3/c1-17-5-3-6-19(13-17)16-28(2)24(31)21-14-20(15-27-23(21)30)22(29)26-10-4-7-18-8-11-25-12-9-18/h3,5-6,13-15,18,25H,4,7-12,16H2,1-2H3,(H,26,29)(H,27,30). The van der Waals surface area contributed by atoms with Gasteiger partial charge in [-0.25, -0.2) is 0 Å². The van der Waals surface area contributed by atoms with Gasteiger partial charge in [-0.05, 0) is 63.2 Å². The lowest BCUT2D eigenvalue weighted by molar-refractivity contribution is 0.0783. The van der Waals surface area contributed by atoms with Crippen molar-refractivity contribution in [2.45, 2.75) is 39.2 Å². The van der Waals surface area contributed by atoms with E-state index in [2.05, 4.69) is 15.6 Å². The summed E-state index contributed by atoms with van der Waals surface area (Å²) in [5.74, 6) is 0.0275. The summed E-state index contributed by atoms with van der Waals surface area (Å²) in [5.41, 5.74) is 1.85. The highest BCUT2D eigenvalue weighted by Gasteiger charge is 2.19. The second-order valence-electron chi connectivity index (χ2n) is 8.37. The Morgan fingerprint density at radius 1 is 1.19 bits per heavy atom. The number of hydrogen-bond donors (Lipinski definition) is 3. The number of nitrogens with one attached hydrogen (secondary N) is 3. The number of nitrogens with zero attached hydrogens (tertiary/aromatic N) is 1. The van der Waals surface area contributed by atoms with Crippen LogP contribution >= 0.6 is 0 Å². The van der Waals surface area contributed by atoms with Gasteiger partial charge in [0.15, 0.2) is 0 Å². The van der Waals surface area contributed by atoms with Crippen LogP contribution < -0.4 is 16.2 Å². The Morgan fingerprint density at radius 3 is 2.71 bits per heavy atom. The number of aryl methyl sites for hydroxylation is 1. The zero-order chi connectivity index (χ0) is 22.2. The minimum Gasteiger partial charge on any atom is -0.352 e. The monoisotopic (exact) mass is 424 g/mol. The summed E-state index contributed by atoms with van der Waals surface area (Å²) in [6, 6.07) is 9.25. The van der Waals surface area contributed by atoms with E-state index in [4.69, 9.17) is 0 Å². The molecule has 1 fully saturated rings. The summed E-state index contributed by atoms with van der Waals surface area (Å²) in [5, 5.41) is 6.26. The molecule has 0 radical (unpaired) electrons. The average Bonchev–Trinajstić information content (AvgIpc) is 2.77. The first-order valence-electron chi connectivity index (χ1n) is 11.0. The fraction of sp³-hybridized carbons (Fsp3) is 0.458. The molecule has 1 aromatic heterocycles. The van der Waals surface area contributed by atoms with Crippen molar-refractivity contribution in [3.05, 3.63) is 69.1 Å². The van der Waals surface area contributed by atoms with Gasteiger partial charge in [0.1, 0.15) is 5.56 Å². The SMILES string of the molecule is Cc1cccc(CN(C)C(=O)c2cc(C(=O)NCCCC3CCNCC3)c[nH]c2=O)c1. The van der Waals surface area contributed by atoms with Gasteiger partial charge in [-0.3, -0.25) is 14.4 Å². The summed E-state index contributed by atoms with van der Waals surface area (Å²) < 4.78 is 0. The van der Waals surface area contributed by atoms with Crippen molar-refractivity contribution in [2.24, 2.45) is 5.92 Å². The predicted octanol–water partition coefficient (Wildman–Crippen LogP) is 2.47. The number of rotatable bonds is 8. The summed E-state index contributed by atoms with van der Waals surface area (Å²) in [6.45, 7) is 5.10. The fourth-order valence-electron chi connectivity index (χ4n) is 4.00. The third-order valence-corrected chi connectivity index (χ3v) is 5.78. The molecule has 1 aliphatic heterocycles. The molecule has 2 amide bonds. The Morgan fingerprint density at radius 2 is 1.97 bits per heavy atom. The highest BCUT2D eigenvalue weighted by Crippen LogP contribution is 2.17. The van der Waals surface area contributed by atoms with Crippen molar-refractivity contribution in [1.82, 2.24) is 20.5 Å². The van der Waals surface area contributed by atoms with E-state index in [-0.39, 0.29) is 17.0 Å². The molecular weight excluding hydrogens is 392 g/mol. The molecule has 2 heterocycles. The van der Waals surface area contributed by atoms with Crippen LogP contribution in [0.5, 0.6) is 0 Å². The molecular formula is C24H32N4O3. The summed E-state index contributed by atoms with van der Waals surface area (Å²) in [6.07, 6.45) is 5.76. The van der Waals surface area contributed by atoms with Crippen molar-refractivity contribution in [2.75, 3.05) is 26.7 Å². The van der Waals surface area contributed by atoms with E-state index < -0.39 is 11.5 Å². The van der Waals surface area contributed by atoms with Gasteiger partial charge in [0.05, 0.1) is 5.56 Å². The first-order chi connectivity index (χ1) is 14.9. The van der Waals surface area contributed by atoms with Crippen molar-refractivity contribution < 1.29 is 9.59 Å². The summed E-state index contributed by atoms with van der Waals surface area (Å²) in [7, 11) is 1.65. The van der Waals surface area contributed by atoms with E-state index in [9.17, 15) is 14.4 Å². The fourth-order valence-corrected chi connectivity index (χ4v) is 4.00. The minimum atomic E-state index is -0.497. The van der Waals surface area contributed by atoms with E-state index in [0.717, 1.165) is 43.0 Å². The van der Waals surface area contributed by atoms with E-state index in [1.165, 1.54) is 30.0 Å². The Kier molecular flexibility index (Phi) is 8.00. The quantitative estimate of drug-likeness (QED) is 0.568. The molecule has 0 aliphatic carbocycles. The number of benzene rings is 1. The van der Waals surface area contributed by atoms with Crippen LogP contribution in [-0.2, 0) is 6.54 Å². The van der Waals surface area contributed by atoms with Gasteiger partial charge < -0.3 is 20.5 Å². The third kappa shape index (κ3) is 6.52. The van der Waals surface area contributed by atoms with Gasteiger partial charge in [-0.2, -0.15) is 0 Å². The second kappa shape index (κ2) is 10.9. The molecule has 0 unspecified atom stereocenters. The number of carbonyl (C=O) groups is 2. The lowest BCUT2D eigenvalue weighted by atomic mass is 9.93.